The van der Waals surface area contributed by atoms with Crippen LogP contribution in [0, 0.1) is 5.92 Å². The van der Waals surface area contributed by atoms with Crippen LogP contribution in [0.25, 0.3) is 10.9 Å². The summed E-state index contributed by atoms with van der Waals surface area (Å²) in [4.78, 5) is 46.5. The average Bonchev–Trinajstić information content (AvgIpc) is 2.83. The van der Waals surface area contributed by atoms with E-state index >= 15 is 0 Å². The molecule has 0 bridgehead atoms. The van der Waals surface area contributed by atoms with E-state index in [9.17, 15) is 22.8 Å². The van der Waals surface area contributed by atoms with Gasteiger partial charge >= 0.3 is 0 Å². The second-order valence-electron chi connectivity index (χ2n) is 8.95. The number of sulfone groups is 1. The SMILES string of the molecule is CS(=O)(=O)c1ccc2c(=O)n(C(CC3CCCCC3)C(=O)Nc3ccc(C(N)=O)cn3)cnc2c1. The maximum Gasteiger partial charge on any atom is 0.261 e. The van der Waals surface area contributed by atoms with E-state index in [1.165, 1.54) is 47.4 Å². The van der Waals surface area contributed by atoms with Crippen molar-refractivity contribution < 1.29 is 18.0 Å². The van der Waals surface area contributed by atoms with E-state index in [4.69, 9.17) is 5.73 Å². The van der Waals surface area contributed by atoms with Crippen molar-refractivity contribution in [3.05, 3.63) is 58.8 Å². The van der Waals surface area contributed by atoms with Gasteiger partial charge in [0.05, 0.1) is 27.7 Å². The minimum atomic E-state index is -3.46. The van der Waals surface area contributed by atoms with Crippen LogP contribution >= 0.6 is 0 Å². The van der Waals surface area contributed by atoms with Gasteiger partial charge in [-0.2, -0.15) is 0 Å². The van der Waals surface area contributed by atoms with Crippen LogP contribution < -0.4 is 16.6 Å². The lowest BCUT2D eigenvalue weighted by Crippen LogP contribution is -2.35. The van der Waals surface area contributed by atoms with E-state index in [-0.39, 0.29) is 33.1 Å². The Balaban J connectivity index is 1.69. The first-order chi connectivity index (χ1) is 16.6. The number of hydrogen-bond acceptors (Lipinski definition) is 7. The predicted octanol–water partition coefficient (Wildman–Crippen LogP) is 2.44. The Morgan fingerprint density at radius 1 is 1.14 bits per heavy atom. The number of fused-ring (bicyclic) bond motifs is 1. The Morgan fingerprint density at radius 3 is 2.51 bits per heavy atom. The number of anilines is 1. The highest BCUT2D eigenvalue weighted by Crippen LogP contribution is 2.31. The van der Waals surface area contributed by atoms with Gasteiger partial charge in [-0.05, 0) is 42.7 Å². The number of aromatic nitrogens is 3. The van der Waals surface area contributed by atoms with Crippen LogP contribution in [0.15, 0.2) is 52.5 Å². The molecule has 1 atom stereocenters. The summed E-state index contributed by atoms with van der Waals surface area (Å²) in [6.45, 7) is 0. The number of carbonyl (C=O) groups is 2. The third-order valence-electron chi connectivity index (χ3n) is 6.40. The Hall–Kier alpha value is -3.60. The quantitative estimate of drug-likeness (QED) is 0.508. The molecule has 11 heteroatoms. The zero-order chi connectivity index (χ0) is 25.2. The largest absolute Gasteiger partial charge is 0.366 e. The van der Waals surface area contributed by atoms with Crippen molar-refractivity contribution >= 4 is 38.4 Å². The fourth-order valence-electron chi connectivity index (χ4n) is 4.48. The van der Waals surface area contributed by atoms with Crippen LogP contribution in [0.4, 0.5) is 5.82 Å². The number of nitrogens with zero attached hydrogens (tertiary/aromatic N) is 3. The van der Waals surface area contributed by atoms with E-state index in [0.717, 1.165) is 38.4 Å². The van der Waals surface area contributed by atoms with Gasteiger partial charge in [0.1, 0.15) is 11.9 Å². The van der Waals surface area contributed by atoms with Crippen LogP contribution in [0.5, 0.6) is 0 Å². The molecule has 1 unspecified atom stereocenters. The molecule has 4 rings (SSSR count). The van der Waals surface area contributed by atoms with Crippen LogP contribution in [0.2, 0.25) is 0 Å². The van der Waals surface area contributed by atoms with E-state index in [1.54, 1.807) is 0 Å². The fraction of sp³-hybridized carbons (Fsp3) is 0.375. The lowest BCUT2D eigenvalue weighted by atomic mass is 9.84. The standard InChI is InChI=1S/C24H27N5O5S/c1-35(33,34)17-8-9-18-19(12-17)27-14-29(24(18)32)20(11-15-5-3-2-4-6-15)23(31)28-21-10-7-16(13-26-21)22(25)30/h7-10,12-15,20H,2-6,11H2,1H3,(H2,25,30)(H,26,28,31). The number of nitrogens with two attached hydrogens (primary N) is 1. The second kappa shape index (κ2) is 9.95. The van der Waals surface area contributed by atoms with Crippen molar-refractivity contribution in [3.8, 4) is 0 Å². The van der Waals surface area contributed by atoms with Crippen LogP contribution in [0.3, 0.4) is 0 Å². The minimum Gasteiger partial charge on any atom is -0.366 e. The molecule has 0 saturated heterocycles. The van der Waals surface area contributed by atoms with Gasteiger partial charge in [0.2, 0.25) is 11.8 Å². The molecule has 3 aromatic rings. The molecular weight excluding hydrogens is 470 g/mol. The van der Waals surface area contributed by atoms with E-state index in [1.807, 2.05) is 0 Å². The van der Waals surface area contributed by atoms with Crippen LogP contribution in [0.1, 0.15) is 54.9 Å². The summed E-state index contributed by atoms with van der Waals surface area (Å²) in [7, 11) is -3.46. The first kappa shape index (κ1) is 24.5. The number of nitrogens with one attached hydrogen (secondary N) is 1. The highest BCUT2D eigenvalue weighted by atomic mass is 32.2. The van der Waals surface area contributed by atoms with Crippen molar-refractivity contribution in [2.75, 3.05) is 11.6 Å². The Kier molecular flexibility index (Phi) is 6.97. The van der Waals surface area contributed by atoms with Gasteiger partial charge < -0.3 is 11.1 Å². The smallest absolute Gasteiger partial charge is 0.261 e. The predicted molar refractivity (Wildman–Crippen MR) is 131 cm³/mol. The summed E-state index contributed by atoms with van der Waals surface area (Å²) in [5.41, 5.74) is 5.27. The number of carbonyl (C=O) groups excluding carboxylic acids is 2. The van der Waals surface area contributed by atoms with Crippen molar-refractivity contribution in [3.63, 3.8) is 0 Å². The summed E-state index contributed by atoms with van der Waals surface area (Å²) < 4.78 is 25.1. The summed E-state index contributed by atoms with van der Waals surface area (Å²) in [6, 6.07) is 6.25. The second-order valence-corrected chi connectivity index (χ2v) is 11.0. The molecule has 3 N–H and O–H groups in total. The fourth-order valence-corrected chi connectivity index (χ4v) is 5.12. The van der Waals surface area contributed by atoms with Gasteiger partial charge in [-0.25, -0.2) is 18.4 Å². The summed E-state index contributed by atoms with van der Waals surface area (Å²) in [5, 5.41) is 2.96. The molecular formula is C24H27N5O5S. The molecule has 35 heavy (non-hydrogen) atoms. The maximum atomic E-state index is 13.4. The first-order valence-electron chi connectivity index (χ1n) is 11.4. The molecule has 0 radical (unpaired) electrons. The molecule has 0 aliphatic heterocycles. The van der Waals surface area contributed by atoms with Gasteiger partial charge in [-0.15, -0.1) is 0 Å². The summed E-state index contributed by atoms with van der Waals surface area (Å²) in [6.07, 6.45) is 9.38. The van der Waals surface area contributed by atoms with E-state index < -0.39 is 33.3 Å². The molecule has 1 aliphatic rings. The van der Waals surface area contributed by atoms with Gasteiger partial charge in [-0.1, -0.05) is 32.1 Å². The molecule has 1 aliphatic carbocycles. The van der Waals surface area contributed by atoms with Crippen LogP contribution in [-0.2, 0) is 14.6 Å². The molecule has 1 saturated carbocycles. The van der Waals surface area contributed by atoms with Crippen molar-refractivity contribution in [2.24, 2.45) is 11.7 Å². The number of pyridine rings is 1. The monoisotopic (exact) mass is 497 g/mol. The first-order valence-corrected chi connectivity index (χ1v) is 13.3. The Labute approximate surface area is 202 Å². The normalized spacial score (nSPS) is 15.6. The average molecular weight is 498 g/mol. The number of hydrogen-bond donors (Lipinski definition) is 2. The number of amides is 2. The Bertz CT molecular complexity index is 1430. The van der Waals surface area contributed by atoms with Gasteiger partial charge in [-0.3, -0.25) is 19.0 Å². The molecule has 10 nitrogen and oxygen atoms in total. The summed E-state index contributed by atoms with van der Waals surface area (Å²) >= 11 is 0. The molecule has 1 fully saturated rings. The molecule has 1 aromatic carbocycles. The van der Waals surface area contributed by atoms with E-state index in [0.29, 0.717) is 6.42 Å². The number of benzene rings is 1. The number of primary amides is 1. The topological polar surface area (TPSA) is 154 Å². The molecule has 184 valence electrons. The lowest BCUT2D eigenvalue weighted by Gasteiger charge is -2.27. The lowest BCUT2D eigenvalue weighted by molar-refractivity contribution is -0.120. The van der Waals surface area contributed by atoms with Crippen LogP contribution in [-0.4, -0.2) is 41.0 Å². The molecule has 0 spiro atoms. The highest BCUT2D eigenvalue weighted by Gasteiger charge is 2.28. The van der Waals surface area contributed by atoms with Gasteiger partial charge in [0, 0.05) is 12.5 Å². The van der Waals surface area contributed by atoms with Crippen molar-refractivity contribution in [1.82, 2.24) is 14.5 Å². The number of rotatable bonds is 7. The zero-order valence-corrected chi connectivity index (χ0v) is 20.1. The maximum absolute atomic E-state index is 13.4. The highest BCUT2D eigenvalue weighted by molar-refractivity contribution is 7.90. The van der Waals surface area contributed by atoms with Crippen molar-refractivity contribution in [2.45, 2.75) is 49.5 Å². The van der Waals surface area contributed by atoms with Gasteiger partial charge in [0.15, 0.2) is 9.84 Å². The molecule has 2 amide bonds. The summed E-state index contributed by atoms with van der Waals surface area (Å²) in [5.74, 6) is -0.544. The molecule has 2 aromatic heterocycles. The third-order valence-corrected chi connectivity index (χ3v) is 7.51. The molecule has 2 heterocycles. The van der Waals surface area contributed by atoms with E-state index in [2.05, 4.69) is 15.3 Å². The zero-order valence-electron chi connectivity index (χ0n) is 19.3. The minimum absolute atomic E-state index is 0.0663. The van der Waals surface area contributed by atoms with Crippen molar-refractivity contribution in [1.29, 1.82) is 0 Å². The third kappa shape index (κ3) is 5.56. The van der Waals surface area contributed by atoms with Gasteiger partial charge in [0.25, 0.3) is 5.56 Å². The Morgan fingerprint density at radius 2 is 1.89 bits per heavy atom.